The zero-order valence-electron chi connectivity index (χ0n) is 13.7. The molecule has 0 spiro atoms. The first-order valence-corrected chi connectivity index (χ1v) is 8.25. The van der Waals surface area contributed by atoms with Crippen molar-refractivity contribution in [2.75, 3.05) is 36.5 Å². The van der Waals surface area contributed by atoms with Crippen molar-refractivity contribution >= 4 is 28.3 Å². The van der Waals surface area contributed by atoms with Gasteiger partial charge in [-0.15, -0.1) is 0 Å². The van der Waals surface area contributed by atoms with Crippen molar-refractivity contribution in [1.29, 1.82) is 0 Å². The van der Waals surface area contributed by atoms with Crippen molar-refractivity contribution in [3.05, 3.63) is 60.4 Å². The van der Waals surface area contributed by atoms with E-state index in [-0.39, 0.29) is 5.91 Å². The molecule has 6 nitrogen and oxygen atoms in total. The van der Waals surface area contributed by atoms with Gasteiger partial charge < -0.3 is 15.0 Å². The fourth-order valence-electron chi connectivity index (χ4n) is 2.99. The predicted octanol–water partition coefficient (Wildman–Crippen LogP) is 2.72. The topological polar surface area (TPSA) is 67.4 Å². The van der Waals surface area contributed by atoms with Crippen molar-refractivity contribution in [1.82, 2.24) is 9.97 Å². The van der Waals surface area contributed by atoms with Gasteiger partial charge in [0.05, 0.1) is 13.2 Å². The minimum absolute atomic E-state index is 0.177. The minimum atomic E-state index is -0.177. The van der Waals surface area contributed by atoms with Crippen LogP contribution in [0.3, 0.4) is 0 Å². The summed E-state index contributed by atoms with van der Waals surface area (Å²) in [6, 6.07) is 15.3. The van der Waals surface area contributed by atoms with Gasteiger partial charge >= 0.3 is 0 Å². The molecule has 1 fully saturated rings. The zero-order valence-corrected chi connectivity index (χ0v) is 13.7. The summed E-state index contributed by atoms with van der Waals surface area (Å²) in [4.78, 5) is 23.3. The summed E-state index contributed by atoms with van der Waals surface area (Å²) in [7, 11) is 0. The molecule has 2 aromatic carbocycles. The highest BCUT2D eigenvalue weighted by molar-refractivity contribution is 6.12. The zero-order chi connectivity index (χ0) is 17.1. The second-order valence-corrected chi connectivity index (χ2v) is 5.84. The number of ether oxygens (including phenoxy) is 1. The average molecular weight is 334 g/mol. The van der Waals surface area contributed by atoms with E-state index in [9.17, 15) is 4.79 Å². The Hall–Kier alpha value is -2.99. The number of carbonyl (C=O) groups excluding carboxylic acids is 1. The third-order valence-electron chi connectivity index (χ3n) is 4.26. The van der Waals surface area contributed by atoms with Gasteiger partial charge in [-0.25, -0.2) is 9.97 Å². The number of benzene rings is 2. The molecule has 0 saturated carbocycles. The number of morpholine rings is 1. The van der Waals surface area contributed by atoms with Crippen molar-refractivity contribution < 1.29 is 9.53 Å². The fraction of sp³-hybridized carbons (Fsp3) is 0.211. The first kappa shape index (κ1) is 15.5. The molecule has 1 aromatic heterocycles. The van der Waals surface area contributed by atoms with Crippen LogP contribution in [-0.4, -0.2) is 42.2 Å². The Kier molecular flexibility index (Phi) is 4.26. The molecular weight excluding hydrogens is 316 g/mol. The largest absolute Gasteiger partial charge is 0.378 e. The van der Waals surface area contributed by atoms with Gasteiger partial charge in [0.15, 0.2) is 0 Å². The van der Waals surface area contributed by atoms with Crippen LogP contribution in [0.15, 0.2) is 54.9 Å². The number of rotatable bonds is 3. The number of nitrogens with one attached hydrogen (secondary N) is 1. The number of carbonyl (C=O) groups is 1. The lowest BCUT2D eigenvalue weighted by Gasteiger charge is -2.27. The third kappa shape index (κ3) is 3.29. The Morgan fingerprint density at radius 3 is 2.72 bits per heavy atom. The van der Waals surface area contributed by atoms with E-state index in [1.54, 1.807) is 6.07 Å². The van der Waals surface area contributed by atoms with Crippen LogP contribution < -0.4 is 10.2 Å². The smallest absolute Gasteiger partial charge is 0.257 e. The molecule has 6 heteroatoms. The van der Waals surface area contributed by atoms with Gasteiger partial charge in [0, 0.05) is 24.7 Å². The van der Waals surface area contributed by atoms with Gasteiger partial charge in [-0.1, -0.05) is 36.4 Å². The standard InChI is InChI=1S/C19H18N4O2/c24-19(16-7-3-5-14-4-1-2-6-15(14)16)22-17-12-18(21-13-20-17)23-8-10-25-11-9-23/h1-7,12-13H,8-11H2,(H,20,21,22,24). The van der Waals surface area contributed by atoms with Crippen molar-refractivity contribution in [3.8, 4) is 0 Å². The number of hydrogen-bond donors (Lipinski definition) is 1. The predicted molar refractivity (Wildman–Crippen MR) is 97.0 cm³/mol. The van der Waals surface area contributed by atoms with Crippen LogP contribution in [0.4, 0.5) is 11.6 Å². The maximum absolute atomic E-state index is 12.7. The van der Waals surface area contributed by atoms with E-state index >= 15 is 0 Å². The Bertz CT molecular complexity index is 901. The fourth-order valence-corrected chi connectivity index (χ4v) is 2.99. The molecule has 4 rings (SSSR count). The maximum atomic E-state index is 12.7. The van der Waals surface area contributed by atoms with Crippen LogP contribution in [0, 0.1) is 0 Å². The SMILES string of the molecule is O=C(Nc1cc(N2CCOCC2)ncn1)c1cccc2ccccc12. The van der Waals surface area contributed by atoms with Gasteiger partial charge in [0.1, 0.15) is 18.0 Å². The maximum Gasteiger partial charge on any atom is 0.257 e. The third-order valence-corrected chi connectivity index (χ3v) is 4.26. The average Bonchev–Trinajstić information content (AvgIpc) is 2.68. The Balaban J connectivity index is 1.58. The highest BCUT2D eigenvalue weighted by atomic mass is 16.5. The molecule has 126 valence electrons. The Morgan fingerprint density at radius 1 is 1.04 bits per heavy atom. The number of fused-ring (bicyclic) bond motifs is 1. The molecule has 0 bridgehead atoms. The molecule has 3 aromatic rings. The van der Waals surface area contributed by atoms with Crippen LogP contribution in [0.25, 0.3) is 10.8 Å². The highest BCUT2D eigenvalue weighted by Gasteiger charge is 2.15. The summed E-state index contributed by atoms with van der Waals surface area (Å²) >= 11 is 0. The monoisotopic (exact) mass is 334 g/mol. The summed E-state index contributed by atoms with van der Waals surface area (Å²) in [5.41, 5.74) is 0.629. The van der Waals surface area contributed by atoms with Crippen molar-refractivity contribution in [2.24, 2.45) is 0 Å². The lowest BCUT2D eigenvalue weighted by atomic mass is 10.0. The molecule has 1 aliphatic rings. The van der Waals surface area contributed by atoms with Gasteiger partial charge in [-0.05, 0) is 16.8 Å². The first-order valence-electron chi connectivity index (χ1n) is 8.25. The van der Waals surface area contributed by atoms with Gasteiger partial charge in [-0.2, -0.15) is 0 Å². The van der Waals surface area contributed by atoms with Crippen LogP contribution in [0.2, 0.25) is 0 Å². The van der Waals surface area contributed by atoms with E-state index in [0.29, 0.717) is 24.6 Å². The van der Waals surface area contributed by atoms with Gasteiger partial charge in [-0.3, -0.25) is 4.79 Å². The Morgan fingerprint density at radius 2 is 1.84 bits per heavy atom. The van der Waals surface area contributed by atoms with E-state index in [1.807, 2.05) is 42.5 Å². The molecule has 1 amide bonds. The van der Waals surface area contributed by atoms with Crippen LogP contribution in [-0.2, 0) is 4.74 Å². The van der Waals surface area contributed by atoms with Gasteiger partial charge in [0.2, 0.25) is 0 Å². The van der Waals surface area contributed by atoms with Crippen molar-refractivity contribution in [3.63, 3.8) is 0 Å². The summed E-state index contributed by atoms with van der Waals surface area (Å²) in [5, 5.41) is 4.84. The van der Waals surface area contributed by atoms with E-state index in [4.69, 9.17) is 4.74 Å². The summed E-state index contributed by atoms with van der Waals surface area (Å²) in [6.45, 7) is 2.94. The highest BCUT2D eigenvalue weighted by Crippen LogP contribution is 2.20. The van der Waals surface area contributed by atoms with E-state index in [2.05, 4.69) is 20.2 Å². The Labute approximate surface area is 145 Å². The molecule has 0 atom stereocenters. The summed E-state index contributed by atoms with van der Waals surface area (Å²) < 4.78 is 5.36. The van der Waals surface area contributed by atoms with Crippen LogP contribution in [0.1, 0.15) is 10.4 Å². The molecular formula is C19H18N4O2. The normalized spacial score (nSPS) is 14.5. The molecule has 0 radical (unpaired) electrons. The number of amides is 1. The van der Waals surface area contributed by atoms with E-state index in [0.717, 1.165) is 29.7 Å². The number of aromatic nitrogens is 2. The minimum Gasteiger partial charge on any atom is -0.378 e. The summed E-state index contributed by atoms with van der Waals surface area (Å²) in [6.07, 6.45) is 1.48. The number of anilines is 2. The molecule has 0 aliphatic carbocycles. The lowest BCUT2D eigenvalue weighted by Crippen LogP contribution is -2.36. The number of hydrogen-bond acceptors (Lipinski definition) is 5. The first-order chi connectivity index (χ1) is 12.3. The quantitative estimate of drug-likeness (QED) is 0.798. The second kappa shape index (κ2) is 6.86. The molecule has 1 N–H and O–H groups in total. The lowest BCUT2D eigenvalue weighted by molar-refractivity contribution is 0.102. The van der Waals surface area contributed by atoms with Crippen LogP contribution in [0.5, 0.6) is 0 Å². The molecule has 1 saturated heterocycles. The summed E-state index contributed by atoms with van der Waals surface area (Å²) in [5.74, 6) is 1.12. The molecule has 1 aliphatic heterocycles. The van der Waals surface area contributed by atoms with Gasteiger partial charge in [0.25, 0.3) is 5.91 Å². The molecule has 0 unspecified atom stereocenters. The van der Waals surface area contributed by atoms with Crippen LogP contribution >= 0.6 is 0 Å². The molecule has 2 heterocycles. The second-order valence-electron chi connectivity index (χ2n) is 5.84. The van der Waals surface area contributed by atoms with E-state index < -0.39 is 0 Å². The molecule has 25 heavy (non-hydrogen) atoms. The van der Waals surface area contributed by atoms with E-state index in [1.165, 1.54) is 6.33 Å². The van der Waals surface area contributed by atoms with Crippen molar-refractivity contribution in [2.45, 2.75) is 0 Å². The number of nitrogens with zero attached hydrogens (tertiary/aromatic N) is 3.